The number of carboxylic acid groups (broad SMARTS) is 1. The number of hydrogen-bond donors (Lipinski definition) is 2. The van der Waals surface area contributed by atoms with E-state index in [1.54, 1.807) is 6.20 Å². The lowest BCUT2D eigenvalue weighted by molar-refractivity contribution is -0.137. The second-order valence-corrected chi connectivity index (χ2v) is 3.98. The normalized spacial score (nSPS) is 12.0. The Labute approximate surface area is 105 Å². The molecular weight excluding hydrogens is 230 g/mol. The highest BCUT2D eigenvalue weighted by atomic mass is 16.5. The lowest BCUT2D eigenvalue weighted by Crippen LogP contribution is -2.10. The second-order valence-electron chi connectivity index (χ2n) is 3.98. The molecule has 0 aliphatic rings. The van der Waals surface area contributed by atoms with E-state index in [1.165, 1.54) is 0 Å². The third-order valence-electron chi connectivity index (χ3n) is 2.61. The van der Waals surface area contributed by atoms with Crippen molar-refractivity contribution in [1.82, 2.24) is 4.98 Å². The van der Waals surface area contributed by atoms with Gasteiger partial charge in [-0.2, -0.15) is 0 Å². The van der Waals surface area contributed by atoms with Crippen molar-refractivity contribution in [3.8, 4) is 5.75 Å². The largest absolute Gasteiger partial charge is 0.484 e. The molecule has 0 fully saturated rings. The minimum atomic E-state index is -0.816. The van der Waals surface area contributed by atoms with Gasteiger partial charge in [-0.25, -0.2) is 0 Å². The van der Waals surface area contributed by atoms with Crippen molar-refractivity contribution in [3.05, 3.63) is 54.4 Å². The van der Waals surface area contributed by atoms with Gasteiger partial charge in [0.2, 0.25) is 0 Å². The van der Waals surface area contributed by atoms with Gasteiger partial charge in [-0.05, 0) is 24.3 Å². The topological polar surface area (TPSA) is 62.3 Å². The van der Waals surface area contributed by atoms with Gasteiger partial charge in [-0.1, -0.05) is 18.2 Å². The first-order valence-corrected chi connectivity index (χ1v) is 5.82. The lowest BCUT2D eigenvalue weighted by atomic mass is 10.1. The summed E-state index contributed by atoms with van der Waals surface area (Å²) in [5.74, 6) is -0.0780. The number of aromatic nitrogens is 1. The molecule has 0 radical (unpaired) electrons. The monoisotopic (exact) mass is 245 g/mol. The summed E-state index contributed by atoms with van der Waals surface area (Å²) in [6.07, 6.45) is 2.05. The van der Waals surface area contributed by atoms with E-state index in [0.29, 0.717) is 6.42 Å². The quantitative estimate of drug-likeness (QED) is 0.822. The average molecular weight is 245 g/mol. The molecule has 0 aliphatic heterocycles. The van der Waals surface area contributed by atoms with E-state index in [0.717, 1.165) is 11.4 Å². The number of carbonyl (C=O) groups is 1. The van der Waals surface area contributed by atoms with Crippen LogP contribution in [0.25, 0.3) is 0 Å². The third kappa shape index (κ3) is 3.38. The van der Waals surface area contributed by atoms with E-state index < -0.39 is 5.97 Å². The van der Waals surface area contributed by atoms with E-state index >= 15 is 0 Å². The minimum absolute atomic E-state index is 0.0799. The van der Waals surface area contributed by atoms with Crippen molar-refractivity contribution >= 4 is 5.97 Å². The maximum Gasteiger partial charge on any atom is 0.303 e. The van der Waals surface area contributed by atoms with Gasteiger partial charge in [-0.15, -0.1) is 0 Å². The van der Waals surface area contributed by atoms with E-state index in [2.05, 4.69) is 4.98 Å². The highest BCUT2D eigenvalue weighted by Crippen LogP contribution is 2.24. The Morgan fingerprint density at radius 2 is 2.00 bits per heavy atom. The molecule has 0 spiro atoms. The molecule has 2 rings (SSSR count). The molecule has 2 aromatic rings. The number of H-pyrrole nitrogens is 1. The highest BCUT2D eigenvalue weighted by molar-refractivity contribution is 5.66. The fourth-order valence-electron chi connectivity index (χ4n) is 1.74. The van der Waals surface area contributed by atoms with Crippen LogP contribution in [0.2, 0.25) is 0 Å². The number of nitrogens with one attached hydrogen (secondary N) is 1. The Balaban J connectivity index is 2.07. The van der Waals surface area contributed by atoms with Crippen LogP contribution in [0.1, 0.15) is 24.6 Å². The molecule has 0 bridgehead atoms. The van der Waals surface area contributed by atoms with Crippen LogP contribution in [0.4, 0.5) is 0 Å². The maximum absolute atomic E-state index is 10.7. The molecule has 1 aromatic carbocycles. The van der Waals surface area contributed by atoms with E-state index in [9.17, 15) is 4.79 Å². The summed E-state index contributed by atoms with van der Waals surface area (Å²) >= 11 is 0. The minimum Gasteiger partial charge on any atom is -0.484 e. The van der Waals surface area contributed by atoms with Crippen molar-refractivity contribution in [2.75, 3.05) is 0 Å². The average Bonchev–Trinajstić information content (AvgIpc) is 2.89. The molecule has 0 amide bonds. The van der Waals surface area contributed by atoms with Crippen molar-refractivity contribution in [1.29, 1.82) is 0 Å². The molecule has 18 heavy (non-hydrogen) atoms. The van der Waals surface area contributed by atoms with Crippen LogP contribution < -0.4 is 4.74 Å². The molecule has 1 atom stereocenters. The van der Waals surface area contributed by atoms with Crippen LogP contribution >= 0.6 is 0 Å². The van der Waals surface area contributed by atoms with Crippen LogP contribution in [0, 0.1) is 0 Å². The summed E-state index contributed by atoms with van der Waals surface area (Å²) in [7, 11) is 0. The van der Waals surface area contributed by atoms with E-state index in [4.69, 9.17) is 9.84 Å². The number of aliphatic carboxylic acids is 1. The van der Waals surface area contributed by atoms with Gasteiger partial charge >= 0.3 is 5.97 Å². The molecular formula is C14H15NO3. The number of aromatic amines is 1. The van der Waals surface area contributed by atoms with Crippen molar-refractivity contribution in [2.45, 2.75) is 18.9 Å². The molecule has 1 unspecified atom stereocenters. The maximum atomic E-state index is 10.7. The van der Waals surface area contributed by atoms with Crippen LogP contribution in [0.15, 0.2) is 48.7 Å². The number of hydrogen-bond acceptors (Lipinski definition) is 2. The van der Waals surface area contributed by atoms with E-state index in [-0.39, 0.29) is 12.5 Å². The first-order valence-electron chi connectivity index (χ1n) is 5.82. The van der Waals surface area contributed by atoms with Crippen LogP contribution in [0.5, 0.6) is 5.75 Å². The zero-order valence-corrected chi connectivity index (χ0v) is 9.87. The predicted molar refractivity (Wildman–Crippen MR) is 67.5 cm³/mol. The Morgan fingerprint density at radius 3 is 2.61 bits per heavy atom. The number of para-hydroxylation sites is 1. The summed E-state index contributed by atoms with van der Waals surface area (Å²) < 4.78 is 5.81. The number of benzene rings is 1. The first kappa shape index (κ1) is 12.2. The zero-order valence-electron chi connectivity index (χ0n) is 9.87. The summed E-state index contributed by atoms with van der Waals surface area (Å²) in [6, 6.07) is 13.2. The molecule has 1 aromatic heterocycles. The first-order chi connectivity index (χ1) is 8.75. The Morgan fingerprint density at radius 1 is 1.22 bits per heavy atom. The fraction of sp³-hybridized carbons (Fsp3) is 0.214. The van der Waals surface area contributed by atoms with Crippen LogP contribution in [-0.2, 0) is 4.79 Å². The lowest BCUT2D eigenvalue weighted by Gasteiger charge is -2.17. The Bertz CT molecular complexity index is 479. The fourth-order valence-corrected chi connectivity index (χ4v) is 1.74. The third-order valence-corrected chi connectivity index (χ3v) is 2.61. The number of rotatable bonds is 6. The van der Waals surface area contributed by atoms with E-state index in [1.807, 2.05) is 42.5 Å². The van der Waals surface area contributed by atoms with Gasteiger partial charge in [0.1, 0.15) is 11.9 Å². The standard InChI is InChI=1S/C14H15NO3/c16-14(17)9-8-13(12-7-4-10-15-12)18-11-5-2-1-3-6-11/h1-7,10,13,15H,8-9H2,(H,16,17). The summed E-state index contributed by atoms with van der Waals surface area (Å²) in [5, 5.41) is 8.76. The van der Waals surface area contributed by atoms with Gasteiger partial charge in [-0.3, -0.25) is 4.79 Å². The van der Waals surface area contributed by atoms with Gasteiger partial charge in [0.15, 0.2) is 0 Å². The van der Waals surface area contributed by atoms with Gasteiger partial charge in [0.05, 0.1) is 5.69 Å². The van der Waals surface area contributed by atoms with Crippen LogP contribution in [0.3, 0.4) is 0 Å². The zero-order chi connectivity index (χ0) is 12.8. The number of carboxylic acids is 1. The second kappa shape index (κ2) is 5.91. The molecule has 0 aliphatic carbocycles. The van der Waals surface area contributed by atoms with Gasteiger partial charge < -0.3 is 14.8 Å². The predicted octanol–water partition coefficient (Wildman–Crippen LogP) is 3.00. The molecule has 0 saturated carbocycles. The van der Waals surface area contributed by atoms with Gasteiger partial charge in [0.25, 0.3) is 0 Å². The SMILES string of the molecule is O=C(O)CCC(Oc1ccccc1)c1ccc[nH]1. The molecule has 0 saturated heterocycles. The molecule has 2 N–H and O–H groups in total. The number of ether oxygens (including phenoxy) is 1. The summed E-state index contributed by atoms with van der Waals surface area (Å²) in [5.41, 5.74) is 0.889. The highest BCUT2D eigenvalue weighted by Gasteiger charge is 2.15. The van der Waals surface area contributed by atoms with Gasteiger partial charge in [0, 0.05) is 19.0 Å². The van der Waals surface area contributed by atoms with Crippen molar-refractivity contribution in [2.24, 2.45) is 0 Å². The van der Waals surface area contributed by atoms with Crippen molar-refractivity contribution < 1.29 is 14.6 Å². The van der Waals surface area contributed by atoms with Crippen molar-refractivity contribution in [3.63, 3.8) is 0 Å². The smallest absolute Gasteiger partial charge is 0.303 e. The molecule has 1 heterocycles. The van der Waals surface area contributed by atoms with Crippen LogP contribution in [-0.4, -0.2) is 16.1 Å². The Hall–Kier alpha value is -2.23. The summed E-state index contributed by atoms with van der Waals surface area (Å²) in [6.45, 7) is 0. The molecule has 4 nitrogen and oxygen atoms in total. The molecule has 94 valence electrons. The molecule has 4 heteroatoms. The Kier molecular flexibility index (Phi) is 4.02. The summed E-state index contributed by atoms with van der Waals surface area (Å²) in [4.78, 5) is 13.7.